The fourth-order valence-electron chi connectivity index (χ4n) is 3.23. The molecule has 0 saturated heterocycles. The third kappa shape index (κ3) is 5.21. The first-order valence-corrected chi connectivity index (χ1v) is 10.2. The minimum absolute atomic E-state index is 0.166. The van der Waals surface area contributed by atoms with Gasteiger partial charge in [0.25, 0.3) is 5.91 Å². The van der Waals surface area contributed by atoms with Gasteiger partial charge in [0.05, 0.1) is 17.6 Å². The number of hydrazone groups is 1. The topological polar surface area (TPSA) is 127 Å². The standard InChI is InChI=1S/C24H21N5O4/c1-15-4-2-6-18(12-15)29-22(30)11-9-20(28-29)24(32)27-17-8-10-21(26-14-17)33-19-7-3-5-16(13-19)23(25)31/h2-8,10,12-14H,9,11H2,1H3,(H2,25,31)(H,27,32). The van der Waals surface area contributed by atoms with Crippen molar-refractivity contribution in [3.63, 3.8) is 0 Å². The summed E-state index contributed by atoms with van der Waals surface area (Å²) >= 11 is 0. The lowest BCUT2D eigenvalue weighted by atomic mass is 10.1. The minimum atomic E-state index is -0.556. The van der Waals surface area contributed by atoms with E-state index in [0.29, 0.717) is 22.7 Å². The van der Waals surface area contributed by atoms with E-state index in [1.54, 1.807) is 36.4 Å². The quantitative estimate of drug-likeness (QED) is 0.604. The van der Waals surface area contributed by atoms with Crippen LogP contribution in [0.3, 0.4) is 0 Å². The monoisotopic (exact) mass is 443 g/mol. The molecule has 0 bridgehead atoms. The predicted octanol–water partition coefficient (Wildman–Crippen LogP) is 3.40. The zero-order valence-electron chi connectivity index (χ0n) is 17.8. The van der Waals surface area contributed by atoms with Crippen molar-refractivity contribution in [2.45, 2.75) is 19.8 Å². The summed E-state index contributed by atoms with van der Waals surface area (Å²) in [7, 11) is 0. The van der Waals surface area contributed by atoms with Crippen molar-refractivity contribution in [3.05, 3.63) is 78.0 Å². The number of pyridine rings is 1. The van der Waals surface area contributed by atoms with Gasteiger partial charge in [-0.1, -0.05) is 18.2 Å². The van der Waals surface area contributed by atoms with Crippen LogP contribution >= 0.6 is 0 Å². The molecule has 0 fully saturated rings. The second kappa shape index (κ2) is 9.31. The summed E-state index contributed by atoms with van der Waals surface area (Å²) in [4.78, 5) is 40.5. The number of primary amides is 1. The van der Waals surface area contributed by atoms with Gasteiger partial charge in [-0.3, -0.25) is 14.4 Å². The Morgan fingerprint density at radius 2 is 1.88 bits per heavy atom. The Hall–Kier alpha value is -4.53. The first-order chi connectivity index (χ1) is 15.9. The molecule has 0 spiro atoms. The Morgan fingerprint density at radius 3 is 2.61 bits per heavy atom. The van der Waals surface area contributed by atoms with Gasteiger partial charge in [0.1, 0.15) is 11.5 Å². The number of nitrogens with zero attached hydrogens (tertiary/aromatic N) is 3. The Kier molecular flexibility index (Phi) is 6.12. The molecule has 0 saturated carbocycles. The number of carbonyl (C=O) groups excluding carboxylic acids is 3. The third-order valence-electron chi connectivity index (χ3n) is 4.88. The first kappa shape index (κ1) is 21.7. The highest BCUT2D eigenvalue weighted by Gasteiger charge is 2.25. The summed E-state index contributed by atoms with van der Waals surface area (Å²) in [6.45, 7) is 1.92. The molecular weight excluding hydrogens is 422 g/mol. The Balaban J connectivity index is 1.44. The van der Waals surface area contributed by atoms with Crippen LogP contribution in [0.15, 0.2) is 72.0 Å². The zero-order valence-corrected chi connectivity index (χ0v) is 17.8. The van der Waals surface area contributed by atoms with Crippen LogP contribution < -0.4 is 20.8 Å². The Labute approximate surface area is 189 Å². The number of aromatic nitrogens is 1. The smallest absolute Gasteiger partial charge is 0.271 e. The number of amides is 3. The van der Waals surface area contributed by atoms with E-state index in [-0.39, 0.29) is 30.3 Å². The van der Waals surface area contributed by atoms with Gasteiger partial charge in [-0.25, -0.2) is 9.99 Å². The fraction of sp³-hybridized carbons (Fsp3) is 0.125. The van der Waals surface area contributed by atoms with E-state index in [1.165, 1.54) is 17.3 Å². The van der Waals surface area contributed by atoms with Gasteiger partial charge < -0.3 is 15.8 Å². The number of ether oxygens (including phenoxy) is 1. The van der Waals surface area contributed by atoms with E-state index in [4.69, 9.17) is 10.5 Å². The molecule has 3 amide bonds. The molecule has 3 aromatic rings. The van der Waals surface area contributed by atoms with E-state index in [1.807, 2.05) is 25.1 Å². The van der Waals surface area contributed by atoms with Gasteiger partial charge in [0.15, 0.2) is 0 Å². The average molecular weight is 443 g/mol. The van der Waals surface area contributed by atoms with Gasteiger partial charge in [-0.05, 0) is 48.9 Å². The molecule has 1 aliphatic rings. The number of nitrogens with one attached hydrogen (secondary N) is 1. The van der Waals surface area contributed by atoms with Crippen LogP contribution in [0.1, 0.15) is 28.8 Å². The highest BCUT2D eigenvalue weighted by molar-refractivity contribution is 6.44. The third-order valence-corrected chi connectivity index (χ3v) is 4.88. The van der Waals surface area contributed by atoms with Crippen LogP contribution in [0.5, 0.6) is 11.6 Å². The number of benzene rings is 2. The Bertz CT molecular complexity index is 1250. The molecule has 33 heavy (non-hydrogen) atoms. The van der Waals surface area contributed by atoms with Gasteiger partial charge >= 0.3 is 0 Å². The second-order valence-electron chi connectivity index (χ2n) is 7.42. The van der Waals surface area contributed by atoms with Crippen molar-refractivity contribution in [2.75, 3.05) is 10.3 Å². The highest BCUT2D eigenvalue weighted by atomic mass is 16.5. The lowest BCUT2D eigenvalue weighted by molar-refractivity contribution is -0.118. The molecule has 1 aliphatic heterocycles. The lowest BCUT2D eigenvalue weighted by Crippen LogP contribution is -2.36. The van der Waals surface area contributed by atoms with E-state index in [2.05, 4.69) is 15.4 Å². The van der Waals surface area contributed by atoms with Crippen LogP contribution in [-0.2, 0) is 9.59 Å². The van der Waals surface area contributed by atoms with Gasteiger partial charge in [-0.15, -0.1) is 0 Å². The molecule has 0 radical (unpaired) electrons. The molecule has 9 nitrogen and oxygen atoms in total. The molecule has 2 heterocycles. The van der Waals surface area contributed by atoms with Crippen LogP contribution in [0.2, 0.25) is 0 Å². The van der Waals surface area contributed by atoms with Crippen molar-refractivity contribution in [2.24, 2.45) is 10.8 Å². The molecular formula is C24H21N5O4. The summed E-state index contributed by atoms with van der Waals surface area (Å²) in [6, 6.07) is 17.0. The largest absolute Gasteiger partial charge is 0.439 e. The molecule has 9 heteroatoms. The van der Waals surface area contributed by atoms with Crippen molar-refractivity contribution in [1.29, 1.82) is 0 Å². The van der Waals surface area contributed by atoms with E-state index < -0.39 is 11.8 Å². The number of aryl methyl sites for hydroxylation is 1. The van der Waals surface area contributed by atoms with Gasteiger partial charge in [-0.2, -0.15) is 5.10 Å². The fourth-order valence-corrected chi connectivity index (χ4v) is 3.23. The zero-order chi connectivity index (χ0) is 23.4. The highest BCUT2D eigenvalue weighted by Crippen LogP contribution is 2.23. The summed E-state index contributed by atoms with van der Waals surface area (Å²) in [5.41, 5.74) is 7.90. The molecule has 0 unspecified atom stereocenters. The van der Waals surface area contributed by atoms with Crippen molar-refractivity contribution in [1.82, 2.24) is 4.98 Å². The number of hydrogen-bond acceptors (Lipinski definition) is 6. The first-order valence-electron chi connectivity index (χ1n) is 10.2. The van der Waals surface area contributed by atoms with Crippen molar-refractivity contribution in [3.8, 4) is 11.6 Å². The maximum Gasteiger partial charge on any atom is 0.271 e. The maximum atomic E-state index is 12.7. The van der Waals surface area contributed by atoms with Crippen LogP contribution in [0.4, 0.5) is 11.4 Å². The summed E-state index contributed by atoms with van der Waals surface area (Å²) in [5, 5.41) is 8.27. The summed E-state index contributed by atoms with van der Waals surface area (Å²) < 4.78 is 5.63. The molecule has 4 rings (SSSR count). The number of nitrogens with two attached hydrogens (primary N) is 1. The van der Waals surface area contributed by atoms with E-state index in [0.717, 1.165) is 5.56 Å². The SMILES string of the molecule is Cc1cccc(N2N=C(C(=O)Nc3ccc(Oc4cccc(C(N)=O)c4)nc3)CCC2=O)c1. The minimum Gasteiger partial charge on any atom is -0.439 e. The van der Waals surface area contributed by atoms with Crippen LogP contribution in [0, 0.1) is 6.92 Å². The molecule has 166 valence electrons. The van der Waals surface area contributed by atoms with E-state index in [9.17, 15) is 14.4 Å². The van der Waals surface area contributed by atoms with Gasteiger partial charge in [0.2, 0.25) is 17.7 Å². The predicted molar refractivity (Wildman–Crippen MR) is 123 cm³/mol. The molecule has 3 N–H and O–H groups in total. The number of anilines is 2. The lowest BCUT2D eigenvalue weighted by Gasteiger charge is -2.23. The second-order valence-corrected chi connectivity index (χ2v) is 7.42. The number of rotatable bonds is 6. The molecule has 1 aromatic heterocycles. The summed E-state index contributed by atoms with van der Waals surface area (Å²) in [6.07, 6.45) is 1.88. The molecule has 2 aromatic carbocycles. The van der Waals surface area contributed by atoms with E-state index >= 15 is 0 Å². The number of hydrogen-bond donors (Lipinski definition) is 2. The normalized spacial score (nSPS) is 13.3. The number of carbonyl (C=O) groups is 3. The summed E-state index contributed by atoms with van der Waals surface area (Å²) in [5.74, 6) is -0.445. The average Bonchev–Trinajstić information content (AvgIpc) is 2.81. The van der Waals surface area contributed by atoms with Crippen molar-refractivity contribution < 1.29 is 19.1 Å². The van der Waals surface area contributed by atoms with Crippen LogP contribution in [-0.4, -0.2) is 28.4 Å². The molecule has 0 aliphatic carbocycles. The Morgan fingerprint density at radius 1 is 1.06 bits per heavy atom. The van der Waals surface area contributed by atoms with Gasteiger partial charge in [0, 0.05) is 24.5 Å². The maximum absolute atomic E-state index is 12.7. The van der Waals surface area contributed by atoms with Crippen molar-refractivity contribution >= 4 is 34.8 Å². The van der Waals surface area contributed by atoms with Crippen LogP contribution in [0.25, 0.3) is 0 Å². The molecule has 0 atom stereocenters.